The molecule has 5 nitrogen and oxygen atoms in total. The van der Waals surface area contributed by atoms with E-state index in [0.717, 1.165) is 21.1 Å². The molecular weight excluding hydrogens is 366 g/mol. The lowest BCUT2D eigenvalue weighted by atomic mass is 10.1. The van der Waals surface area contributed by atoms with Gasteiger partial charge in [-0.3, -0.25) is 14.5 Å². The number of imide groups is 1. The highest BCUT2D eigenvalue weighted by molar-refractivity contribution is 7.99. The van der Waals surface area contributed by atoms with Crippen molar-refractivity contribution < 1.29 is 9.59 Å². The van der Waals surface area contributed by atoms with Gasteiger partial charge in [0.25, 0.3) is 11.8 Å². The number of nitrogens with zero attached hydrogens (tertiary/aromatic N) is 3. The second kappa shape index (κ2) is 6.48. The summed E-state index contributed by atoms with van der Waals surface area (Å²) in [5, 5.41) is 2.01. The first-order chi connectivity index (χ1) is 12.5. The molecule has 0 bridgehead atoms. The topological polar surface area (TPSA) is 63.2 Å². The van der Waals surface area contributed by atoms with Crippen LogP contribution in [0.1, 0.15) is 37.0 Å². The van der Waals surface area contributed by atoms with Crippen LogP contribution in [0.25, 0.3) is 10.2 Å². The molecule has 3 aromatic rings. The van der Waals surface area contributed by atoms with Crippen molar-refractivity contribution in [3.8, 4) is 0 Å². The van der Waals surface area contributed by atoms with E-state index in [1.54, 1.807) is 47.4 Å². The summed E-state index contributed by atoms with van der Waals surface area (Å²) >= 11 is 3.25. The molecule has 4 rings (SSSR count). The number of aromatic nitrogens is 2. The third-order valence-corrected chi connectivity index (χ3v) is 6.60. The van der Waals surface area contributed by atoms with Crippen molar-refractivity contribution in [2.75, 3.05) is 12.3 Å². The number of rotatable bonds is 4. The molecule has 0 spiro atoms. The van der Waals surface area contributed by atoms with Crippen molar-refractivity contribution in [1.82, 2.24) is 14.9 Å². The molecule has 0 saturated heterocycles. The number of carbonyl (C=O) groups is 2. The van der Waals surface area contributed by atoms with Gasteiger partial charge in [-0.2, -0.15) is 0 Å². The number of thiophene rings is 1. The Morgan fingerprint density at radius 3 is 2.35 bits per heavy atom. The molecule has 7 heteroatoms. The predicted octanol–water partition coefficient (Wildman–Crippen LogP) is 4.00. The van der Waals surface area contributed by atoms with Crippen LogP contribution < -0.4 is 0 Å². The van der Waals surface area contributed by atoms with Crippen LogP contribution in [-0.2, 0) is 0 Å². The van der Waals surface area contributed by atoms with E-state index in [9.17, 15) is 9.59 Å². The van der Waals surface area contributed by atoms with E-state index in [4.69, 9.17) is 0 Å². The summed E-state index contributed by atoms with van der Waals surface area (Å²) in [5.41, 5.74) is 2.19. The van der Waals surface area contributed by atoms with E-state index in [1.807, 2.05) is 6.92 Å². The zero-order valence-electron chi connectivity index (χ0n) is 14.7. The van der Waals surface area contributed by atoms with Gasteiger partial charge in [0.2, 0.25) is 0 Å². The largest absolute Gasteiger partial charge is 0.273 e. The molecule has 0 saturated carbocycles. The zero-order chi connectivity index (χ0) is 18.4. The number of hydrogen-bond donors (Lipinski definition) is 0. The van der Waals surface area contributed by atoms with Gasteiger partial charge in [0, 0.05) is 22.6 Å². The quantitative estimate of drug-likeness (QED) is 0.387. The normalized spacial score (nSPS) is 13.7. The highest BCUT2D eigenvalue weighted by atomic mass is 32.2. The molecule has 0 radical (unpaired) electrons. The molecule has 1 aromatic carbocycles. The average molecular weight is 383 g/mol. The highest BCUT2D eigenvalue weighted by Gasteiger charge is 2.34. The van der Waals surface area contributed by atoms with Crippen LogP contribution in [0.3, 0.4) is 0 Å². The number of amides is 2. The fraction of sp³-hybridized carbons (Fsp3) is 0.263. The first-order valence-electron chi connectivity index (χ1n) is 8.29. The summed E-state index contributed by atoms with van der Waals surface area (Å²) in [7, 11) is 0. The van der Waals surface area contributed by atoms with Crippen molar-refractivity contribution in [2.24, 2.45) is 0 Å². The molecule has 0 unspecified atom stereocenters. The van der Waals surface area contributed by atoms with Crippen LogP contribution in [0.2, 0.25) is 0 Å². The van der Waals surface area contributed by atoms with Gasteiger partial charge in [-0.05, 0) is 38.5 Å². The van der Waals surface area contributed by atoms with Crippen molar-refractivity contribution in [1.29, 1.82) is 0 Å². The lowest BCUT2D eigenvalue weighted by Crippen LogP contribution is -2.31. The molecule has 1 aliphatic rings. The van der Waals surface area contributed by atoms with Crippen LogP contribution in [0.4, 0.5) is 0 Å². The van der Waals surface area contributed by atoms with E-state index in [2.05, 4.69) is 23.8 Å². The van der Waals surface area contributed by atoms with Crippen LogP contribution >= 0.6 is 23.1 Å². The van der Waals surface area contributed by atoms with Gasteiger partial charge in [-0.15, -0.1) is 23.1 Å². The Hall–Kier alpha value is -2.25. The number of fused-ring (bicyclic) bond motifs is 2. The first kappa shape index (κ1) is 17.2. The summed E-state index contributed by atoms with van der Waals surface area (Å²) in [6, 6.07) is 6.98. The lowest BCUT2D eigenvalue weighted by molar-refractivity contribution is 0.0664. The van der Waals surface area contributed by atoms with Gasteiger partial charge in [-0.1, -0.05) is 12.1 Å². The lowest BCUT2D eigenvalue weighted by Gasteiger charge is -2.13. The number of hydrogen-bond acceptors (Lipinski definition) is 6. The summed E-state index contributed by atoms with van der Waals surface area (Å²) < 4.78 is 0. The van der Waals surface area contributed by atoms with Gasteiger partial charge in [-0.25, -0.2) is 9.97 Å². The minimum Gasteiger partial charge on any atom is -0.273 e. The third-order valence-electron chi connectivity index (χ3n) is 4.54. The third kappa shape index (κ3) is 2.71. The maximum Gasteiger partial charge on any atom is 0.261 e. The van der Waals surface area contributed by atoms with Crippen LogP contribution in [0.15, 0.2) is 29.3 Å². The van der Waals surface area contributed by atoms with E-state index in [0.29, 0.717) is 23.4 Å². The predicted molar refractivity (Wildman–Crippen MR) is 104 cm³/mol. The summed E-state index contributed by atoms with van der Waals surface area (Å²) in [4.78, 5) is 37.6. The van der Waals surface area contributed by atoms with E-state index in [-0.39, 0.29) is 11.8 Å². The number of thioether (sulfide) groups is 1. The summed E-state index contributed by atoms with van der Waals surface area (Å²) in [6.07, 6.45) is 0. The van der Waals surface area contributed by atoms with E-state index in [1.165, 1.54) is 15.3 Å². The van der Waals surface area contributed by atoms with Crippen LogP contribution in [0.5, 0.6) is 0 Å². The van der Waals surface area contributed by atoms with Gasteiger partial charge < -0.3 is 0 Å². The van der Waals surface area contributed by atoms with Gasteiger partial charge in [0.05, 0.1) is 11.1 Å². The zero-order valence-corrected chi connectivity index (χ0v) is 16.3. The molecule has 0 N–H and O–H groups in total. The second-order valence-corrected chi connectivity index (χ2v) is 8.48. The highest BCUT2D eigenvalue weighted by Crippen LogP contribution is 2.35. The Bertz CT molecular complexity index is 1020. The molecule has 3 heterocycles. The first-order valence-corrected chi connectivity index (χ1v) is 10.1. The van der Waals surface area contributed by atoms with Crippen LogP contribution in [-0.4, -0.2) is 39.0 Å². The molecule has 132 valence electrons. The molecule has 26 heavy (non-hydrogen) atoms. The van der Waals surface area contributed by atoms with Crippen molar-refractivity contribution in [3.05, 3.63) is 51.7 Å². The van der Waals surface area contributed by atoms with Crippen LogP contribution in [0, 0.1) is 20.8 Å². The molecule has 0 fully saturated rings. The standard InChI is InChI=1S/C19H17N3O2S2/c1-10-11(2)26-17-15(10)16(20-12(3)21-17)25-9-8-22-18(23)13-6-4-5-7-14(13)19(22)24/h4-7H,8-9H2,1-3H3. The van der Waals surface area contributed by atoms with Crippen molar-refractivity contribution >= 4 is 45.1 Å². The van der Waals surface area contributed by atoms with Crippen molar-refractivity contribution in [2.45, 2.75) is 25.8 Å². The molecule has 2 aromatic heterocycles. The molecular formula is C19H17N3O2S2. The average Bonchev–Trinajstić information content (AvgIpc) is 3.03. The van der Waals surface area contributed by atoms with E-state index < -0.39 is 0 Å². The Kier molecular flexibility index (Phi) is 4.28. The minimum absolute atomic E-state index is 0.210. The number of aryl methyl sites for hydroxylation is 3. The Morgan fingerprint density at radius 2 is 1.69 bits per heavy atom. The van der Waals surface area contributed by atoms with Crippen molar-refractivity contribution in [3.63, 3.8) is 0 Å². The second-order valence-electron chi connectivity index (χ2n) is 6.20. The fourth-order valence-corrected chi connectivity index (χ4v) is 5.29. The molecule has 2 amide bonds. The Labute approximate surface area is 159 Å². The molecule has 1 aliphatic heterocycles. The summed E-state index contributed by atoms with van der Waals surface area (Å²) in [6.45, 7) is 6.42. The van der Waals surface area contributed by atoms with E-state index >= 15 is 0 Å². The fourth-order valence-electron chi connectivity index (χ4n) is 3.09. The SMILES string of the molecule is Cc1nc(SCCN2C(=O)c3ccccc3C2=O)c2c(C)c(C)sc2n1. The maximum absolute atomic E-state index is 12.4. The number of carbonyl (C=O) groups excluding carboxylic acids is 2. The smallest absolute Gasteiger partial charge is 0.261 e. The maximum atomic E-state index is 12.4. The number of benzene rings is 1. The van der Waals surface area contributed by atoms with Gasteiger partial charge >= 0.3 is 0 Å². The Morgan fingerprint density at radius 1 is 1.04 bits per heavy atom. The summed E-state index contributed by atoms with van der Waals surface area (Å²) in [5.74, 6) is 0.920. The van der Waals surface area contributed by atoms with Gasteiger partial charge in [0.15, 0.2) is 0 Å². The molecule has 0 atom stereocenters. The monoisotopic (exact) mass is 383 g/mol. The van der Waals surface area contributed by atoms with Gasteiger partial charge in [0.1, 0.15) is 15.7 Å². The minimum atomic E-state index is -0.210. The molecule has 0 aliphatic carbocycles. The Balaban J connectivity index is 1.54.